The number of amides is 1. The standard InChI is InChI=1S/C12H22N2O5S/c1-11(2,3)19-10(16)13-20(17,18)12(4-5-12)8-14-6-9(15)7-14/h9,15H,4-8H2,1-3H3,(H,13,16). The lowest BCUT2D eigenvalue weighted by molar-refractivity contribution is 0.00110. The molecule has 2 rings (SSSR count). The molecule has 0 aromatic heterocycles. The van der Waals surface area contributed by atoms with Gasteiger partial charge in [-0.15, -0.1) is 0 Å². The van der Waals surface area contributed by atoms with E-state index < -0.39 is 26.5 Å². The molecule has 0 aromatic rings. The van der Waals surface area contributed by atoms with Gasteiger partial charge in [0.15, 0.2) is 0 Å². The first-order chi connectivity index (χ1) is 9.03. The van der Waals surface area contributed by atoms with E-state index in [4.69, 9.17) is 4.74 Å². The van der Waals surface area contributed by atoms with Crippen molar-refractivity contribution >= 4 is 16.1 Å². The minimum absolute atomic E-state index is 0.349. The van der Waals surface area contributed by atoms with Crippen LogP contribution in [0.5, 0.6) is 0 Å². The molecule has 2 aliphatic rings. The van der Waals surface area contributed by atoms with Gasteiger partial charge in [-0.1, -0.05) is 0 Å². The van der Waals surface area contributed by atoms with Gasteiger partial charge < -0.3 is 9.84 Å². The number of hydrogen-bond donors (Lipinski definition) is 2. The molecule has 116 valence electrons. The molecule has 0 bridgehead atoms. The Morgan fingerprint density at radius 1 is 1.40 bits per heavy atom. The summed E-state index contributed by atoms with van der Waals surface area (Å²) >= 11 is 0. The SMILES string of the molecule is CC(C)(C)OC(=O)NS(=O)(=O)C1(CN2CC(O)C2)CC1. The van der Waals surface area contributed by atoms with Gasteiger partial charge in [0.25, 0.3) is 0 Å². The molecule has 1 aliphatic carbocycles. The van der Waals surface area contributed by atoms with Gasteiger partial charge in [-0.25, -0.2) is 17.9 Å². The van der Waals surface area contributed by atoms with Crippen LogP contribution in [0.25, 0.3) is 0 Å². The molecular formula is C12H22N2O5S. The van der Waals surface area contributed by atoms with Crippen LogP contribution in [0.3, 0.4) is 0 Å². The number of aliphatic hydroxyl groups is 1. The highest BCUT2D eigenvalue weighted by molar-refractivity contribution is 7.91. The van der Waals surface area contributed by atoms with Gasteiger partial charge in [-0.3, -0.25) is 4.90 Å². The van der Waals surface area contributed by atoms with Gasteiger partial charge in [0.1, 0.15) is 10.3 Å². The predicted octanol–water partition coefficient (Wildman–Crippen LogP) is 0.0500. The van der Waals surface area contributed by atoms with Crippen LogP contribution in [-0.4, -0.2) is 60.6 Å². The first kappa shape index (κ1) is 15.5. The molecular weight excluding hydrogens is 284 g/mol. The largest absolute Gasteiger partial charge is 0.443 e. The molecule has 2 fully saturated rings. The highest BCUT2D eigenvalue weighted by Crippen LogP contribution is 2.44. The Morgan fingerprint density at radius 3 is 2.35 bits per heavy atom. The lowest BCUT2D eigenvalue weighted by Gasteiger charge is -2.38. The molecule has 2 N–H and O–H groups in total. The second-order valence-electron chi connectivity index (χ2n) is 6.64. The van der Waals surface area contributed by atoms with Gasteiger partial charge in [0.2, 0.25) is 10.0 Å². The second-order valence-corrected chi connectivity index (χ2v) is 8.72. The van der Waals surface area contributed by atoms with Gasteiger partial charge in [-0.05, 0) is 33.6 Å². The summed E-state index contributed by atoms with van der Waals surface area (Å²) in [6.07, 6.45) is -0.255. The summed E-state index contributed by atoms with van der Waals surface area (Å²) in [5.74, 6) is 0. The van der Waals surface area contributed by atoms with Gasteiger partial charge in [-0.2, -0.15) is 0 Å². The Labute approximate surface area is 119 Å². The Kier molecular flexibility index (Phi) is 3.77. The van der Waals surface area contributed by atoms with Crippen LogP contribution in [0.1, 0.15) is 33.6 Å². The fourth-order valence-electron chi connectivity index (χ4n) is 2.25. The molecule has 0 spiro atoms. The number of sulfonamides is 1. The van der Waals surface area contributed by atoms with E-state index in [-0.39, 0.29) is 6.10 Å². The molecule has 0 radical (unpaired) electrons. The molecule has 0 aromatic carbocycles. The quantitative estimate of drug-likeness (QED) is 0.762. The monoisotopic (exact) mass is 306 g/mol. The van der Waals surface area contributed by atoms with E-state index >= 15 is 0 Å². The summed E-state index contributed by atoms with van der Waals surface area (Å²) in [5, 5.41) is 9.23. The van der Waals surface area contributed by atoms with Crippen LogP contribution in [0.2, 0.25) is 0 Å². The summed E-state index contributed by atoms with van der Waals surface area (Å²) in [6, 6.07) is 0. The average molecular weight is 306 g/mol. The number of nitrogens with zero attached hydrogens (tertiary/aromatic N) is 1. The number of rotatable bonds is 4. The second kappa shape index (κ2) is 4.85. The van der Waals surface area contributed by atoms with Crippen LogP contribution < -0.4 is 4.72 Å². The predicted molar refractivity (Wildman–Crippen MR) is 72.7 cm³/mol. The smallest absolute Gasteiger partial charge is 0.421 e. The molecule has 1 aliphatic heterocycles. The minimum Gasteiger partial charge on any atom is -0.443 e. The first-order valence-electron chi connectivity index (χ1n) is 6.69. The van der Waals surface area contributed by atoms with Gasteiger partial charge >= 0.3 is 6.09 Å². The van der Waals surface area contributed by atoms with E-state index in [1.165, 1.54) is 0 Å². The van der Waals surface area contributed by atoms with Crippen molar-refractivity contribution in [3.05, 3.63) is 0 Å². The fourth-order valence-corrected chi connectivity index (χ4v) is 3.72. The fraction of sp³-hybridized carbons (Fsp3) is 0.917. The first-order valence-corrected chi connectivity index (χ1v) is 8.17. The van der Waals surface area contributed by atoms with Crippen molar-refractivity contribution in [3.8, 4) is 0 Å². The van der Waals surface area contributed by atoms with Gasteiger partial charge in [0.05, 0.1) is 6.10 Å². The number of carbonyl (C=O) groups excluding carboxylic acids is 1. The third-order valence-corrected chi connectivity index (χ3v) is 5.56. The summed E-state index contributed by atoms with van der Waals surface area (Å²) in [6.45, 7) is 6.35. The molecule has 7 nitrogen and oxygen atoms in total. The Bertz CT molecular complexity index is 486. The Morgan fingerprint density at radius 2 is 1.95 bits per heavy atom. The average Bonchev–Trinajstić information content (AvgIpc) is 2.92. The number of aliphatic hydroxyl groups excluding tert-OH is 1. The van der Waals surface area contributed by atoms with Crippen molar-refractivity contribution in [2.45, 2.75) is 50.1 Å². The van der Waals surface area contributed by atoms with Crippen molar-refractivity contribution in [1.29, 1.82) is 0 Å². The zero-order valence-electron chi connectivity index (χ0n) is 12.0. The van der Waals surface area contributed by atoms with Crippen LogP contribution in [-0.2, 0) is 14.8 Å². The molecule has 1 saturated carbocycles. The summed E-state index contributed by atoms with van der Waals surface area (Å²) < 4.78 is 30.6. The van der Waals surface area contributed by atoms with Crippen LogP contribution >= 0.6 is 0 Å². The number of carbonyl (C=O) groups is 1. The number of likely N-dealkylation sites (tertiary alicyclic amines) is 1. The Hall–Kier alpha value is -0.860. The number of nitrogens with one attached hydrogen (secondary N) is 1. The molecule has 1 saturated heterocycles. The van der Waals surface area contributed by atoms with E-state index in [2.05, 4.69) is 0 Å². The van der Waals surface area contributed by atoms with Crippen LogP contribution in [0, 0.1) is 0 Å². The van der Waals surface area contributed by atoms with E-state index in [1.54, 1.807) is 20.8 Å². The third kappa shape index (κ3) is 3.42. The maximum atomic E-state index is 12.3. The zero-order valence-corrected chi connectivity index (χ0v) is 12.9. The van der Waals surface area contributed by atoms with E-state index in [0.29, 0.717) is 32.5 Å². The maximum Gasteiger partial charge on any atom is 0.421 e. The van der Waals surface area contributed by atoms with Crippen molar-refractivity contribution < 1.29 is 23.1 Å². The van der Waals surface area contributed by atoms with E-state index in [9.17, 15) is 18.3 Å². The molecule has 20 heavy (non-hydrogen) atoms. The number of ether oxygens (including phenoxy) is 1. The van der Waals surface area contributed by atoms with Crippen molar-refractivity contribution in [3.63, 3.8) is 0 Å². The summed E-state index contributed by atoms with van der Waals surface area (Å²) in [4.78, 5) is 13.5. The lowest BCUT2D eigenvalue weighted by atomic mass is 10.1. The van der Waals surface area contributed by atoms with Crippen LogP contribution in [0.4, 0.5) is 4.79 Å². The third-order valence-electron chi connectivity index (χ3n) is 3.44. The van der Waals surface area contributed by atoms with E-state index in [1.807, 2.05) is 9.62 Å². The van der Waals surface area contributed by atoms with E-state index in [0.717, 1.165) is 0 Å². The number of hydrogen-bond acceptors (Lipinski definition) is 6. The molecule has 1 amide bonds. The van der Waals surface area contributed by atoms with Crippen molar-refractivity contribution in [2.75, 3.05) is 19.6 Å². The zero-order chi connectivity index (χ0) is 15.2. The molecule has 8 heteroatoms. The molecule has 0 atom stereocenters. The van der Waals surface area contributed by atoms with Crippen molar-refractivity contribution in [2.24, 2.45) is 0 Å². The highest BCUT2D eigenvalue weighted by atomic mass is 32.2. The van der Waals surface area contributed by atoms with Crippen molar-refractivity contribution in [1.82, 2.24) is 9.62 Å². The topological polar surface area (TPSA) is 95.9 Å². The summed E-state index contributed by atoms with van der Waals surface area (Å²) in [7, 11) is -3.76. The minimum atomic E-state index is -3.76. The number of β-amino-alcohol motifs (C(OH)–C–C–N with tert-alkyl or cyclic N) is 1. The maximum absolute atomic E-state index is 12.3. The van der Waals surface area contributed by atoms with Crippen LogP contribution in [0.15, 0.2) is 0 Å². The summed E-state index contributed by atoms with van der Waals surface area (Å²) in [5.41, 5.74) is -0.738. The normalized spacial score (nSPS) is 23.0. The highest BCUT2D eigenvalue weighted by Gasteiger charge is 2.57. The van der Waals surface area contributed by atoms with Gasteiger partial charge in [0, 0.05) is 19.6 Å². The lowest BCUT2D eigenvalue weighted by Crippen LogP contribution is -2.56. The molecule has 0 unspecified atom stereocenters. The Balaban J connectivity index is 1.94. The molecule has 1 heterocycles.